The summed E-state index contributed by atoms with van der Waals surface area (Å²) in [5.74, 6) is 0.0490. The fraction of sp³-hybridized carbons (Fsp3) is 0.200. The molecule has 2 aromatic rings. The molecular formula is C10H6Cl2N2O2S2. The van der Waals surface area contributed by atoms with Crippen molar-refractivity contribution in [1.82, 2.24) is 9.97 Å². The van der Waals surface area contributed by atoms with Gasteiger partial charge in [0.1, 0.15) is 10.6 Å². The van der Waals surface area contributed by atoms with Crippen molar-refractivity contribution < 1.29 is 8.42 Å². The molecule has 0 bridgehead atoms. The van der Waals surface area contributed by atoms with Crippen LogP contribution in [0.5, 0.6) is 0 Å². The second kappa shape index (κ2) is 4.16. The lowest BCUT2D eigenvalue weighted by Gasteiger charge is -2.05. The normalized spacial score (nSPS) is 16.8. The van der Waals surface area contributed by atoms with Gasteiger partial charge in [0.25, 0.3) is 0 Å². The molecule has 0 saturated heterocycles. The Balaban J connectivity index is 2.38. The Labute approximate surface area is 118 Å². The largest absolute Gasteiger partial charge is 0.224 e. The highest BCUT2D eigenvalue weighted by atomic mass is 35.5. The summed E-state index contributed by atoms with van der Waals surface area (Å²) in [6.07, 6.45) is 0.371. The van der Waals surface area contributed by atoms with Crippen LogP contribution in [0.1, 0.15) is 5.69 Å². The average Bonchev–Trinajstić information content (AvgIpc) is 2.82. The molecule has 1 aliphatic rings. The van der Waals surface area contributed by atoms with Crippen molar-refractivity contribution in [3.63, 3.8) is 0 Å². The second-order valence-corrected chi connectivity index (χ2v) is 7.49. The molecule has 0 aromatic carbocycles. The van der Waals surface area contributed by atoms with Gasteiger partial charge in [0.15, 0.2) is 9.84 Å². The van der Waals surface area contributed by atoms with Gasteiger partial charge in [-0.3, -0.25) is 0 Å². The van der Waals surface area contributed by atoms with Crippen LogP contribution in [0, 0.1) is 0 Å². The Kier molecular flexibility index (Phi) is 2.85. The third-order valence-corrected chi connectivity index (χ3v) is 5.97. The summed E-state index contributed by atoms with van der Waals surface area (Å²) in [6.45, 7) is 0. The third-order valence-electron chi connectivity index (χ3n) is 2.66. The van der Waals surface area contributed by atoms with E-state index < -0.39 is 9.84 Å². The summed E-state index contributed by atoms with van der Waals surface area (Å²) < 4.78 is 24.1. The van der Waals surface area contributed by atoms with Crippen LogP contribution in [-0.2, 0) is 16.3 Å². The number of hydrogen-bond donors (Lipinski definition) is 0. The lowest BCUT2D eigenvalue weighted by molar-refractivity contribution is 0.600. The van der Waals surface area contributed by atoms with Crippen LogP contribution < -0.4 is 0 Å². The van der Waals surface area contributed by atoms with E-state index in [9.17, 15) is 8.42 Å². The molecule has 3 heterocycles. The number of aryl methyl sites for hydroxylation is 1. The minimum absolute atomic E-state index is 0.0466. The number of thiophene rings is 1. The third kappa shape index (κ3) is 1.84. The maximum Gasteiger partial charge on any atom is 0.223 e. The summed E-state index contributed by atoms with van der Waals surface area (Å²) in [4.78, 5) is 8.82. The summed E-state index contributed by atoms with van der Waals surface area (Å²) in [7, 11) is -3.33. The number of nitrogens with zero attached hydrogens (tertiary/aromatic N) is 2. The first-order valence-electron chi connectivity index (χ1n) is 5.01. The number of halogens is 2. The van der Waals surface area contributed by atoms with E-state index in [0.29, 0.717) is 27.7 Å². The van der Waals surface area contributed by atoms with Crippen molar-refractivity contribution in [3.8, 4) is 10.6 Å². The zero-order valence-electron chi connectivity index (χ0n) is 8.85. The molecule has 0 N–H and O–H groups in total. The average molecular weight is 321 g/mol. The fourth-order valence-electron chi connectivity index (χ4n) is 1.91. The Bertz CT molecular complexity index is 740. The van der Waals surface area contributed by atoms with Crippen molar-refractivity contribution in [3.05, 3.63) is 27.4 Å². The lowest BCUT2D eigenvalue weighted by atomic mass is 10.2. The van der Waals surface area contributed by atoms with Gasteiger partial charge in [0.05, 0.1) is 21.3 Å². The molecule has 2 aromatic heterocycles. The van der Waals surface area contributed by atoms with Crippen LogP contribution in [0.2, 0.25) is 10.3 Å². The molecule has 0 fully saturated rings. The molecule has 0 radical (unpaired) electrons. The zero-order valence-corrected chi connectivity index (χ0v) is 12.0. The maximum absolute atomic E-state index is 12.0. The van der Waals surface area contributed by atoms with E-state index in [0.717, 1.165) is 0 Å². The second-order valence-electron chi connectivity index (χ2n) is 3.78. The molecule has 0 aliphatic carbocycles. The van der Waals surface area contributed by atoms with Crippen molar-refractivity contribution in [1.29, 1.82) is 0 Å². The summed E-state index contributed by atoms with van der Waals surface area (Å²) in [5.41, 5.74) is 0.803. The van der Waals surface area contributed by atoms with Crippen molar-refractivity contribution in [2.24, 2.45) is 0 Å². The summed E-state index contributed by atoms with van der Waals surface area (Å²) in [6, 6.07) is 1.70. The number of fused-ring (bicyclic) bond motifs is 1. The number of sulfone groups is 1. The van der Waals surface area contributed by atoms with E-state index >= 15 is 0 Å². The first-order chi connectivity index (χ1) is 8.49. The first-order valence-corrected chi connectivity index (χ1v) is 8.30. The van der Waals surface area contributed by atoms with Crippen LogP contribution in [0.3, 0.4) is 0 Å². The van der Waals surface area contributed by atoms with Gasteiger partial charge in [0, 0.05) is 6.42 Å². The molecule has 0 amide bonds. The number of aromatic nitrogens is 2. The van der Waals surface area contributed by atoms with Gasteiger partial charge in [-0.15, -0.1) is 11.3 Å². The first kappa shape index (κ1) is 12.3. The highest BCUT2D eigenvalue weighted by Crippen LogP contribution is 2.39. The molecule has 1 aliphatic heterocycles. The fourth-order valence-corrected chi connectivity index (χ4v) is 4.92. The topological polar surface area (TPSA) is 59.9 Å². The van der Waals surface area contributed by atoms with Gasteiger partial charge < -0.3 is 0 Å². The number of rotatable bonds is 1. The van der Waals surface area contributed by atoms with Gasteiger partial charge in [-0.2, -0.15) is 0 Å². The van der Waals surface area contributed by atoms with E-state index in [4.69, 9.17) is 23.2 Å². The molecule has 8 heteroatoms. The molecule has 3 rings (SSSR count). The minimum Gasteiger partial charge on any atom is -0.224 e. The van der Waals surface area contributed by atoms with Crippen molar-refractivity contribution in [2.75, 3.05) is 5.75 Å². The molecule has 0 unspecified atom stereocenters. The maximum atomic E-state index is 12.0. The smallest absolute Gasteiger partial charge is 0.223 e. The molecule has 4 nitrogen and oxygen atoms in total. The Morgan fingerprint density at radius 3 is 2.72 bits per heavy atom. The minimum atomic E-state index is -3.33. The molecule has 0 spiro atoms. The summed E-state index contributed by atoms with van der Waals surface area (Å²) in [5, 5.41) is 2.30. The van der Waals surface area contributed by atoms with Gasteiger partial charge >= 0.3 is 0 Å². The Morgan fingerprint density at radius 2 is 2.06 bits per heavy atom. The van der Waals surface area contributed by atoms with Gasteiger partial charge in [-0.05, 0) is 23.0 Å². The van der Waals surface area contributed by atoms with E-state index in [1.807, 2.05) is 0 Å². The highest BCUT2D eigenvalue weighted by Gasteiger charge is 2.33. The monoisotopic (exact) mass is 320 g/mol. The molecule has 94 valence electrons. The predicted molar refractivity (Wildman–Crippen MR) is 71.1 cm³/mol. The van der Waals surface area contributed by atoms with Crippen LogP contribution in [0.25, 0.3) is 10.6 Å². The van der Waals surface area contributed by atoms with E-state index in [2.05, 4.69) is 9.97 Å². The van der Waals surface area contributed by atoms with E-state index in [1.165, 1.54) is 11.3 Å². The molecule has 0 saturated carbocycles. The zero-order chi connectivity index (χ0) is 12.9. The van der Waals surface area contributed by atoms with Gasteiger partial charge in [-0.25, -0.2) is 18.4 Å². The molecular weight excluding hydrogens is 315 g/mol. The quantitative estimate of drug-likeness (QED) is 0.758. The Morgan fingerprint density at radius 1 is 1.28 bits per heavy atom. The van der Waals surface area contributed by atoms with Crippen LogP contribution in [0.15, 0.2) is 16.3 Å². The highest BCUT2D eigenvalue weighted by molar-refractivity contribution is 7.91. The van der Waals surface area contributed by atoms with Crippen LogP contribution in [-0.4, -0.2) is 24.1 Å². The van der Waals surface area contributed by atoms with Crippen molar-refractivity contribution >= 4 is 44.4 Å². The van der Waals surface area contributed by atoms with Crippen LogP contribution in [0.4, 0.5) is 0 Å². The molecule has 18 heavy (non-hydrogen) atoms. The van der Waals surface area contributed by atoms with Gasteiger partial charge in [0.2, 0.25) is 5.28 Å². The van der Waals surface area contributed by atoms with Gasteiger partial charge in [-0.1, -0.05) is 11.6 Å². The van der Waals surface area contributed by atoms with E-state index in [-0.39, 0.29) is 15.9 Å². The SMILES string of the molecule is O=S1(=O)CCc2nc(Cl)nc(-c3sccc3Cl)c21. The Hall–Kier alpha value is -0.690. The predicted octanol–water partition coefficient (Wildman–Crippen LogP) is 2.84. The standard InChI is InChI=1S/C10H6Cl2N2O2S2/c11-5-1-3-17-8(5)7-9-6(13-10(12)14-7)2-4-18(9,15)16/h1,3H,2,4H2. The van der Waals surface area contributed by atoms with E-state index in [1.54, 1.807) is 11.4 Å². The number of hydrogen-bond acceptors (Lipinski definition) is 5. The summed E-state index contributed by atoms with van der Waals surface area (Å²) >= 11 is 13.2. The molecule has 0 atom stereocenters. The van der Waals surface area contributed by atoms with Crippen molar-refractivity contribution in [2.45, 2.75) is 11.3 Å². The lowest BCUT2D eigenvalue weighted by Crippen LogP contribution is -2.03. The van der Waals surface area contributed by atoms with Crippen LogP contribution >= 0.6 is 34.5 Å².